The van der Waals surface area contributed by atoms with Crippen LogP contribution in [0.5, 0.6) is 0 Å². The summed E-state index contributed by atoms with van der Waals surface area (Å²) in [6.07, 6.45) is 8.74. The first-order chi connectivity index (χ1) is 13.1. The summed E-state index contributed by atoms with van der Waals surface area (Å²) < 4.78 is 0. The summed E-state index contributed by atoms with van der Waals surface area (Å²) >= 11 is 1.35. The quantitative estimate of drug-likeness (QED) is 0.824. The molecule has 1 N–H and O–H groups in total. The number of amides is 2. The van der Waals surface area contributed by atoms with E-state index in [2.05, 4.69) is 10.3 Å². The third-order valence-electron chi connectivity index (χ3n) is 5.16. The minimum Gasteiger partial charge on any atom is -0.342 e. The van der Waals surface area contributed by atoms with E-state index >= 15 is 0 Å². The van der Waals surface area contributed by atoms with Gasteiger partial charge in [-0.25, -0.2) is 4.98 Å². The lowest BCUT2D eigenvalue weighted by Gasteiger charge is -2.29. The van der Waals surface area contributed by atoms with Gasteiger partial charge in [0, 0.05) is 24.0 Å². The molecule has 0 saturated heterocycles. The minimum atomic E-state index is -0.186. The second-order valence-corrected chi connectivity index (χ2v) is 8.00. The predicted molar refractivity (Wildman–Crippen MR) is 109 cm³/mol. The van der Waals surface area contributed by atoms with Crippen LogP contribution >= 0.6 is 11.3 Å². The summed E-state index contributed by atoms with van der Waals surface area (Å²) in [5.41, 5.74) is 1.31. The minimum absolute atomic E-state index is 0.104. The van der Waals surface area contributed by atoms with Crippen LogP contribution in [0.4, 0.5) is 5.13 Å². The smallest absolute Gasteiger partial charge is 0.257 e. The van der Waals surface area contributed by atoms with Crippen LogP contribution in [0.15, 0.2) is 35.7 Å². The van der Waals surface area contributed by atoms with E-state index in [0.717, 1.165) is 12.8 Å². The summed E-state index contributed by atoms with van der Waals surface area (Å²) in [6, 6.07) is 9.39. The van der Waals surface area contributed by atoms with Crippen molar-refractivity contribution in [3.05, 3.63) is 47.0 Å². The van der Waals surface area contributed by atoms with Gasteiger partial charge in [-0.2, -0.15) is 0 Å². The number of hydrogen-bond donors (Lipinski definition) is 1. The highest BCUT2D eigenvalue weighted by Crippen LogP contribution is 2.22. The number of aromatic nitrogens is 1. The van der Waals surface area contributed by atoms with E-state index in [9.17, 15) is 9.59 Å². The maximum absolute atomic E-state index is 12.7. The molecule has 0 unspecified atom stereocenters. The number of benzene rings is 1. The van der Waals surface area contributed by atoms with E-state index in [4.69, 9.17) is 0 Å². The molecule has 0 bridgehead atoms. The number of hydrogen-bond acceptors (Lipinski definition) is 4. The Kier molecular flexibility index (Phi) is 6.98. The first-order valence-electron chi connectivity index (χ1n) is 9.70. The van der Waals surface area contributed by atoms with Gasteiger partial charge >= 0.3 is 0 Å². The lowest BCUT2D eigenvalue weighted by molar-refractivity contribution is -0.131. The van der Waals surface area contributed by atoms with Crippen molar-refractivity contribution in [3.8, 4) is 0 Å². The highest BCUT2D eigenvalue weighted by atomic mass is 32.1. The van der Waals surface area contributed by atoms with Crippen LogP contribution in [-0.2, 0) is 11.2 Å². The Labute approximate surface area is 164 Å². The van der Waals surface area contributed by atoms with E-state index in [1.165, 1.54) is 43.4 Å². The SMILES string of the molecule is CN(C(=O)Cc1csc(NC(=O)c2ccccc2)n1)C1CCCCCCC1. The van der Waals surface area contributed by atoms with Crippen LogP contribution in [0.25, 0.3) is 0 Å². The molecule has 0 radical (unpaired) electrons. The molecule has 2 amide bonds. The first-order valence-corrected chi connectivity index (χ1v) is 10.6. The molecule has 0 atom stereocenters. The van der Waals surface area contributed by atoms with Crippen LogP contribution in [0.3, 0.4) is 0 Å². The zero-order valence-electron chi connectivity index (χ0n) is 15.8. The van der Waals surface area contributed by atoms with E-state index < -0.39 is 0 Å². The van der Waals surface area contributed by atoms with Crippen LogP contribution in [-0.4, -0.2) is 34.8 Å². The van der Waals surface area contributed by atoms with Crippen LogP contribution in [0, 0.1) is 0 Å². The fourth-order valence-electron chi connectivity index (χ4n) is 3.51. The fourth-order valence-corrected chi connectivity index (χ4v) is 4.21. The molecule has 1 aromatic carbocycles. The molecule has 27 heavy (non-hydrogen) atoms. The van der Waals surface area contributed by atoms with Crippen molar-refractivity contribution < 1.29 is 9.59 Å². The van der Waals surface area contributed by atoms with E-state index in [1.807, 2.05) is 35.5 Å². The van der Waals surface area contributed by atoms with Gasteiger partial charge in [0.2, 0.25) is 5.91 Å². The number of carbonyl (C=O) groups is 2. The number of nitrogens with one attached hydrogen (secondary N) is 1. The molecule has 1 fully saturated rings. The van der Waals surface area contributed by atoms with Crippen molar-refractivity contribution in [3.63, 3.8) is 0 Å². The molecule has 2 aromatic rings. The molecule has 1 aromatic heterocycles. The molecular formula is C21H27N3O2S. The Hall–Kier alpha value is -2.21. The molecule has 1 heterocycles. The molecule has 0 spiro atoms. The molecule has 1 aliphatic carbocycles. The van der Waals surface area contributed by atoms with E-state index in [-0.39, 0.29) is 18.2 Å². The molecule has 5 nitrogen and oxygen atoms in total. The van der Waals surface area contributed by atoms with Gasteiger partial charge in [0.15, 0.2) is 5.13 Å². The average molecular weight is 386 g/mol. The molecule has 0 aliphatic heterocycles. The Morgan fingerprint density at radius 3 is 2.48 bits per heavy atom. The van der Waals surface area contributed by atoms with Gasteiger partial charge < -0.3 is 4.90 Å². The molecule has 3 rings (SSSR count). The number of thiazole rings is 1. The van der Waals surface area contributed by atoms with Gasteiger partial charge in [0.1, 0.15) is 0 Å². The van der Waals surface area contributed by atoms with Crippen molar-refractivity contribution >= 4 is 28.3 Å². The van der Waals surface area contributed by atoms with Crippen molar-refractivity contribution in [2.75, 3.05) is 12.4 Å². The number of rotatable bonds is 5. The Morgan fingerprint density at radius 1 is 1.11 bits per heavy atom. The number of likely N-dealkylation sites (N-methyl/N-ethyl adjacent to an activating group) is 1. The Balaban J connectivity index is 1.54. The topological polar surface area (TPSA) is 62.3 Å². The van der Waals surface area contributed by atoms with Crippen molar-refractivity contribution in [1.82, 2.24) is 9.88 Å². The molecule has 6 heteroatoms. The van der Waals surface area contributed by atoms with Gasteiger partial charge in [-0.1, -0.05) is 50.3 Å². The Morgan fingerprint density at radius 2 is 1.78 bits per heavy atom. The fraction of sp³-hybridized carbons (Fsp3) is 0.476. The second kappa shape index (κ2) is 9.65. The lowest BCUT2D eigenvalue weighted by atomic mass is 9.95. The van der Waals surface area contributed by atoms with Crippen molar-refractivity contribution in [2.45, 2.75) is 57.4 Å². The summed E-state index contributed by atoms with van der Waals surface area (Å²) in [5, 5.41) is 5.18. The van der Waals surface area contributed by atoms with Crippen molar-refractivity contribution in [1.29, 1.82) is 0 Å². The zero-order chi connectivity index (χ0) is 19.1. The largest absolute Gasteiger partial charge is 0.342 e. The standard InChI is InChI=1S/C21H27N3O2S/c1-24(18-12-8-3-2-4-9-13-18)19(25)14-17-15-27-21(22-17)23-20(26)16-10-6-5-7-11-16/h5-7,10-11,15,18H,2-4,8-9,12-14H2,1H3,(H,22,23,26). The highest BCUT2D eigenvalue weighted by Gasteiger charge is 2.21. The van der Waals surface area contributed by atoms with E-state index in [1.54, 1.807) is 12.1 Å². The summed E-state index contributed by atoms with van der Waals surface area (Å²) in [6.45, 7) is 0. The van der Waals surface area contributed by atoms with Gasteiger partial charge in [-0.05, 0) is 25.0 Å². The molecule has 144 valence electrons. The maximum atomic E-state index is 12.7. The second-order valence-electron chi connectivity index (χ2n) is 7.14. The number of carbonyl (C=O) groups excluding carboxylic acids is 2. The third-order valence-corrected chi connectivity index (χ3v) is 5.96. The van der Waals surface area contributed by atoms with Crippen LogP contribution in [0.1, 0.15) is 61.0 Å². The first kappa shape index (κ1) is 19.5. The maximum Gasteiger partial charge on any atom is 0.257 e. The zero-order valence-corrected chi connectivity index (χ0v) is 16.6. The number of nitrogens with zero attached hydrogens (tertiary/aromatic N) is 2. The normalized spacial score (nSPS) is 15.6. The summed E-state index contributed by atoms with van der Waals surface area (Å²) in [4.78, 5) is 31.2. The number of anilines is 1. The molecule has 1 saturated carbocycles. The van der Waals surface area contributed by atoms with E-state index in [0.29, 0.717) is 22.4 Å². The van der Waals surface area contributed by atoms with Crippen molar-refractivity contribution in [2.24, 2.45) is 0 Å². The lowest BCUT2D eigenvalue weighted by Crippen LogP contribution is -2.38. The van der Waals surface area contributed by atoms with Gasteiger partial charge in [0.25, 0.3) is 5.91 Å². The summed E-state index contributed by atoms with van der Waals surface area (Å²) in [5.74, 6) is -0.0822. The van der Waals surface area contributed by atoms with Crippen LogP contribution in [0.2, 0.25) is 0 Å². The molecule has 1 aliphatic rings. The van der Waals surface area contributed by atoms with Gasteiger partial charge in [-0.15, -0.1) is 11.3 Å². The van der Waals surface area contributed by atoms with Gasteiger partial charge in [-0.3, -0.25) is 14.9 Å². The van der Waals surface area contributed by atoms with Crippen LogP contribution < -0.4 is 5.32 Å². The monoisotopic (exact) mass is 385 g/mol. The summed E-state index contributed by atoms with van der Waals surface area (Å²) in [7, 11) is 1.92. The third kappa shape index (κ3) is 5.63. The Bertz CT molecular complexity index is 752. The molecular weight excluding hydrogens is 358 g/mol. The average Bonchev–Trinajstić information content (AvgIpc) is 3.08. The predicted octanol–water partition coefficient (Wildman–Crippen LogP) is 4.51. The highest BCUT2D eigenvalue weighted by molar-refractivity contribution is 7.14. The van der Waals surface area contributed by atoms with Gasteiger partial charge in [0.05, 0.1) is 12.1 Å².